The summed E-state index contributed by atoms with van der Waals surface area (Å²) in [5, 5.41) is 6.59. The van der Waals surface area contributed by atoms with Crippen LogP contribution >= 0.6 is 0 Å². The predicted molar refractivity (Wildman–Crippen MR) is 45.7 cm³/mol. The molecule has 0 aliphatic carbocycles. The van der Waals surface area contributed by atoms with Gasteiger partial charge in [0, 0.05) is 19.1 Å². The molecule has 0 aromatic rings. The summed E-state index contributed by atoms with van der Waals surface area (Å²) in [5.41, 5.74) is 0. The molecule has 0 saturated carbocycles. The van der Waals surface area contributed by atoms with Crippen LogP contribution in [0.5, 0.6) is 0 Å². The molecule has 3 heteroatoms. The van der Waals surface area contributed by atoms with Gasteiger partial charge in [0.1, 0.15) is 0 Å². The van der Waals surface area contributed by atoms with Crippen molar-refractivity contribution in [2.45, 2.75) is 25.5 Å². The average molecular weight is 158 g/mol. The van der Waals surface area contributed by atoms with Gasteiger partial charge in [0.25, 0.3) is 0 Å². The molecule has 1 fully saturated rings. The maximum Gasteiger partial charge on any atom is 0.0738 e. The van der Waals surface area contributed by atoms with E-state index in [1.54, 1.807) is 0 Å². The summed E-state index contributed by atoms with van der Waals surface area (Å²) in [6.45, 7) is 5.01. The summed E-state index contributed by atoms with van der Waals surface area (Å²) in [6.07, 6.45) is 1.50. The van der Waals surface area contributed by atoms with Crippen molar-refractivity contribution in [2.75, 3.05) is 26.7 Å². The minimum absolute atomic E-state index is 0.399. The standard InChI is InChI=1S/C8H18N2O/c1-3-8-7(6-9-2)10-4-5-11-8/h7-10H,3-6H2,1-2H3. The molecule has 3 nitrogen and oxygen atoms in total. The molecule has 0 aromatic carbocycles. The monoisotopic (exact) mass is 158 g/mol. The molecule has 2 unspecified atom stereocenters. The van der Waals surface area contributed by atoms with Crippen molar-refractivity contribution in [3.05, 3.63) is 0 Å². The van der Waals surface area contributed by atoms with E-state index in [2.05, 4.69) is 17.6 Å². The van der Waals surface area contributed by atoms with Crippen molar-refractivity contribution >= 4 is 0 Å². The highest BCUT2D eigenvalue weighted by molar-refractivity contribution is 4.80. The normalized spacial score (nSPS) is 32.2. The van der Waals surface area contributed by atoms with Gasteiger partial charge in [-0.2, -0.15) is 0 Å². The number of ether oxygens (including phenoxy) is 1. The van der Waals surface area contributed by atoms with E-state index < -0.39 is 0 Å². The van der Waals surface area contributed by atoms with Crippen LogP contribution in [0.3, 0.4) is 0 Å². The van der Waals surface area contributed by atoms with Crippen LogP contribution in [0.15, 0.2) is 0 Å². The molecular weight excluding hydrogens is 140 g/mol. The van der Waals surface area contributed by atoms with E-state index in [-0.39, 0.29) is 0 Å². The van der Waals surface area contributed by atoms with Gasteiger partial charge in [0.15, 0.2) is 0 Å². The smallest absolute Gasteiger partial charge is 0.0738 e. The topological polar surface area (TPSA) is 33.3 Å². The van der Waals surface area contributed by atoms with Gasteiger partial charge in [-0.3, -0.25) is 0 Å². The van der Waals surface area contributed by atoms with Crippen LogP contribution < -0.4 is 10.6 Å². The van der Waals surface area contributed by atoms with E-state index >= 15 is 0 Å². The van der Waals surface area contributed by atoms with Crippen LogP contribution in [0, 0.1) is 0 Å². The first-order valence-electron chi connectivity index (χ1n) is 4.38. The summed E-state index contributed by atoms with van der Waals surface area (Å²) >= 11 is 0. The lowest BCUT2D eigenvalue weighted by Crippen LogP contribution is -2.52. The zero-order chi connectivity index (χ0) is 8.10. The molecule has 1 rings (SSSR count). The third kappa shape index (κ3) is 2.43. The summed E-state index contributed by atoms with van der Waals surface area (Å²) in [6, 6.07) is 0.499. The van der Waals surface area contributed by atoms with Gasteiger partial charge in [-0.05, 0) is 13.5 Å². The number of rotatable bonds is 3. The third-order valence-electron chi connectivity index (χ3n) is 2.12. The lowest BCUT2D eigenvalue weighted by molar-refractivity contribution is -0.00482. The quantitative estimate of drug-likeness (QED) is 0.605. The Morgan fingerprint density at radius 1 is 1.64 bits per heavy atom. The summed E-state index contributed by atoms with van der Waals surface area (Å²) in [4.78, 5) is 0. The van der Waals surface area contributed by atoms with Crippen molar-refractivity contribution in [1.82, 2.24) is 10.6 Å². The number of hydrogen-bond donors (Lipinski definition) is 2. The van der Waals surface area contributed by atoms with Crippen molar-refractivity contribution in [2.24, 2.45) is 0 Å². The van der Waals surface area contributed by atoms with Crippen LogP contribution in [0.1, 0.15) is 13.3 Å². The minimum Gasteiger partial charge on any atom is -0.375 e. The van der Waals surface area contributed by atoms with Gasteiger partial charge in [-0.15, -0.1) is 0 Å². The zero-order valence-corrected chi connectivity index (χ0v) is 7.39. The molecule has 0 bridgehead atoms. The fourth-order valence-corrected chi connectivity index (χ4v) is 1.53. The lowest BCUT2D eigenvalue weighted by atomic mass is 10.1. The molecule has 1 saturated heterocycles. The number of morpholine rings is 1. The molecule has 11 heavy (non-hydrogen) atoms. The third-order valence-corrected chi connectivity index (χ3v) is 2.12. The summed E-state index contributed by atoms with van der Waals surface area (Å²) in [7, 11) is 1.98. The van der Waals surface area contributed by atoms with Gasteiger partial charge >= 0.3 is 0 Å². The number of nitrogens with one attached hydrogen (secondary N) is 2. The molecule has 66 valence electrons. The predicted octanol–water partition coefficient (Wildman–Crippen LogP) is -0.0272. The van der Waals surface area contributed by atoms with Gasteiger partial charge in [-0.25, -0.2) is 0 Å². The van der Waals surface area contributed by atoms with Crippen LogP contribution in [-0.4, -0.2) is 38.9 Å². The van der Waals surface area contributed by atoms with Gasteiger partial charge in [0.05, 0.1) is 12.7 Å². The number of likely N-dealkylation sites (N-methyl/N-ethyl adjacent to an activating group) is 1. The minimum atomic E-state index is 0.399. The van der Waals surface area contributed by atoms with Gasteiger partial charge in [-0.1, -0.05) is 6.92 Å². The molecule has 0 aromatic heterocycles. The fraction of sp³-hybridized carbons (Fsp3) is 1.00. The van der Waals surface area contributed by atoms with E-state index in [0.717, 1.165) is 26.1 Å². The molecule has 0 spiro atoms. The molecular formula is C8H18N2O. The van der Waals surface area contributed by atoms with E-state index in [9.17, 15) is 0 Å². The van der Waals surface area contributed by atoms with Crippen LogP contribution in [0.2, 0.25) is 0 Å². The molecule has 1 aliphatic heterocycles. The Morgan fingerprint density at radius 2 is 2.45 bits per heavy atom. The van der Waals surface area contributed by atoms with Crippen molar-refractivity contribution < 1.29 is 4.74 Å². The highest BCUT2D eigenvalue weighted by Crippen LogP contribution is 2.07. The molecule has 1 heterocycles. The Kier molecular flexibility index (Phi) is 3.83. The van der Waals surface area contributed by atoms with E-state index in [1.165, 1.54) is 0 Å². The molecule has 2 atom stereocenters. The largest absolute Gasteiger partial charge is 0.375 e. The van der Waals surface area contributed by atoms with E-state index in [0.29, 0.717) is 12.1 Å². The average Bonchev–Trinajstić information content (AvgIpc) is 2.06. The number of hydrogen-bond acceptors (Lipinski definition) is 3. The Morgan fingerprint density at radius 3 is 3.09 bits per heavy atom. The lowest BCUT2D eigenvalue weighted by Gasteiger charge is -2.32. The highest BCUT2D eigenvalue weighted by atomic mass is 16.5. The fourth-order valence-electron chi connectivity index (χ4n) is 1.53. The first kappa shape index (κ1) is 8.97. The Balaban J connectivity index is 2.31. The van der Waals surface area contributed by atoms with Crippen molar-refractivity contribution in [3.63, 3.8) is 0 Å². The van der Waals surface area contributed by atoms with E-state index in [4.69, 9.17) is 4.74 Å². The Labute approximate surface area is 68.5 Å². The summed E-state index contributed by atoms with van der Waals surface area (Å²) in [5.74, 6) is 0. The molecule has 0 radical (unpaired) electrons. The SMILES string of the molecule is CCC1OCCNC1CNC. The maximum absolute atomic E-state index is 5.59. The van der Waals surface area contributed by atoms with Crippen LogP contribution in [0.4, 0.5) is 0 Å². The molecule has 0 amide bonds. The molecule has 1 aliphatic rings. The second-order valence-corrected chi connectivity index (χ2v) is 2.94. The second-order valence-electron chi connectivity index (χ2n) is 2.94. The molecule has 2 N–H and O–H groups in total. The van der Waals surface area contributed by atoms with Gasteiger partial charge < -0.3 is 15.4 Å². The summed E-state index contributed by atoms with van der Waals surface area (Å²) < 4.78 is 5.59. The zero-order valence-electron chi connectivity index (χ0n) is 7.39. The van der Waals surface area contributed by atoms with Crippen molar-refractivity contribution in [1.29, 1.82) is 0 Å². The van der Waals surface area contributed by atoms with E-state index in [1.807, 2.05) is 7.05 Å². The Bertz CT molecular complexity index is 106. The van der Waals surface area contributed by atoms with Crippen molar-refractivity contribution in [3.8, 4) is 0 Å². The maximum atomic E-state index is 5.59. The first-order valence-corrected chi connectivity index (χ1v) is 4.38. The van der Waals surface area contributed by atoms with Gasteiger partial charge in [0.2, 0.25) is 0 Å². The van der Waals surface area contributed by atoms with Crippen LogP contribution in [-0.2, 0) is 4.74 Å². The first-order chi connectivity index (χ1) is 5.38. The van der Waals surface area contributed by atoms with Crippen LogP contribution in [0.25, 0.3) is 0 Å². The Hall–Kier alpha value is -0.120. The second kappa shape index (κ2) is 4.70. The highest BCUT2D eigenvalue weighted by Gasteiger charge is 2.22.